The van der Waals surface area contributed by atoms with Crippen LogP contribution in [0.3, 0.4) is 0 Å². The molecule has 0 radical (unpaired) electrons. The summed E-state index contributed by atoms with van der Waals surface area (Å²) in [6.07, 6.45) is 0. The summed E-state index contributed by atoms with van der Waals surface area (Å²) in [4.78, 5) is 13.2. The third-order valence-corrected chi connectivity index (χ3v) is 5.78. The molecule has 2 aromatic carbocycles. The van der Waals surface area contributed by atoms with Gasteiger partial charge in [0.15, 0.2) is 5.69 Å². The molecule has 2 aromatic heterocycles. The van der Waals surface area contributed by atoms with Gasteiger partial charge in [-0.05, 0) is 41.9 Å². The van der Waals surface area contributed by atoms with E-state index < -0.39 is 0 Å². The highest BCUT2D eigenvalue weighted by atomic mass is 35.5. The fourth-order valence-corrected chi connectivity index (χ4v) is 4.17. The van der Waals surface area contributed by atoms with Gasteiger partial charge < -0.3 is 5.32 Å². The molecule has 0 aliphatic rings. The summed E-state index contributed by atoms with van der Waals surface area (Å²) < 4.78 is 5.83. The minimum atomic E-state index is -0.335. The molecule has 7 heteroatoms. The van der Waals surface area contributed by atoms with Crippen LogP contribution in [-0.4, -0.2) is 16.2 Å². The lowest BCUT2D eigenvalue weighted by molar-refractivity contribution is 0.103. The molecule has 0 saturated heterocycles. The lowest BCUT2D eigenvalue weighted by Gasteiger charge is -2.06. The van der Waals surface area contributed by atoms with Crippen molar-refractivity contribution in [3.8, 4) is 11.3 Å². The Morgan fingerprint density at radius 2 is 1.96 bits per heavy atom. The lowest BCUT2D eigenvalue weighted by atomic mass is 10.0. The molecular weight excluding hydrogens is 370 g/mol. The minimum Gasteiger partial charge on any atom is -0.301 e. The van der Waals surface area contributed by atoms with Gasteiger partial charge in [-0.15, -0.1) is 11.3 Å². The van der Waals surface area contributed by atoms with Crippen LogP contribution in [0.25, 0.3) is 21.3 Å². The Labute approximate surface area is 158 Å². The molecule has 2 heterocycles. The number of aromatic nitrogens is 2. The summed E-state index contributed by atoms with van der Waals surface area (Å²) in [5, 5.41) is 11.9. The molecule has 26 heavy (non-hydrogen) atoms. The first-order chi connectivity index (χ1) is 12.5. The van der Waals surface area contributed by atoms with Crippen LogP contribution in [0.15, 0.2) is 47.1 Å². The molecule has 4 rings (SSSR count). The largest absolute Gasteiger partial charge is 0.301 e. The van der Waals surface area contributed by atoms with Crippen LogP contribution < -0.4 is 5.32 Å². The van der Waals surface area contributed by atoms with Crippen LogP contribution >= 0.6 is 22.9 Å². The van der Waals surface area contributed by atoms with Crippen molar-refractivity contribution in [2.45, 2.75) is 13.8 Å². The van der Waals surface area contributed by atoms with Crippen molar-refractivity contribution < 1.29 is 9.42 Å². The van der Waals surface area contributed by atoms with E-state index in [0.29, 0.717) is 15.6 Å². The number of aryl methyl sites for hydroxylation is 2. The van der Waals surface area contributed by atoms with E-state index in [2.05, 4.69) is 15.6 Å². The topological polar surface area (TPSA) is 68.0 Å². The highest BCUT2D eigenvalue weighted by molar-refractivity contribution is 7.21. The molecule has 0 aliphatic carbocycles. The smallest absolute Gasteiger partial charge is 0.268 e. The van der Waals surface area contributed by atoms with Crippen molar-refractivity contribution in [1.29, 1.82) is 0 Å². The fourth-order valence-electron chi connectivity index (χ4n) is 2.76. The zero-order valence-corrected chi connectivity index (χ0v) is 15.6. The van der Waals surface area contributed by atoms with E-state index in [1.807, 2.05) is 56.3 Å². The number of fused-ring (bicyclic) bond motifs is 1. The van der Waals surface area contributed by atoms with Crippen LogP contribution in [0, 0.1) is 13.8 Å². The summed E-state index contributed by atoms with van der Waals surface area (Å²) >= 11 is 7.72. The Morgan fingerprint density at radius 3 is 2.77 bits per heavy atom. The molecule has 0 aliphatic heterocycles. The molecule has 1 N–H and O–H groups in total. The SMILES string of the molecule is Cc1ccc(C)c(-c2nonc2NC(=O)c2sc3ccccc3c2Cl)c1. The molecule has 4 aromatic rings. The Morgan fingerprint density at radius 1 is 1.15 bits per heavy atom. The number of benzene rings is 2. The highest BCUT2D eigenvalue weighted by Crippen LogP contribution is 2.36. The van der Waals surface area contributed by atoms with Gasteiger partial charge in [0, 0.05) is 15.6 Å². The zero-order valence-electron chi connectivity index (χ0n) is 14.0. The van der Waals surface area contributed by atoms with Gasteiger partial charge in [-0.1, -0.05) is 47.5 Å². The van der Waals surface area contributed by atoms with E-state index in [9.17, 15) is 4.79 Å². The van der Waals surface area contributed by atoms with Crippen molar-refractivity contribution in [1.82, 2.24) is 10.3 Å². The van der Waals surface area contributed by atoms with E-state index in [1.165, 1.54) is 11.3 Å². The average molecular weight is 384 g/mol. The number of hydrogen-bond acceptors (Lipinski definition) is 5. The summed E-state index contributed by atoms with van der Waals surface area (Å²) in [5.41, 5.74) is 3.46. The number of carbonyl (C=O) groups excluding carboxylic acids is 1. The first-order valence-electron chi connectivity index (χ1n) is 7.93. The van der Waals surface area contributed by atoms with Gasteiger partial charge in [0.2, 0.25) is 5.82 Å². The second-order valence-electron chi connectivity index (χ2n) is 5.98. The Kier molecular flexibility index (Phi) is 4.22. The third kappa shape index (κ3) is 2.87. The Bertz CT molecular complexity index is 1130. The lowest BCUT2D eigenvalue weighted by Crippen LogP contribution is -2.11. The van der Waals surface area contributed by atoms with E-state index in [0.717, 1.165) is 26.8 Å². The summed E-state index contributed by atoms with van der Waals surface area (Å²) in [6.45, 7) is 3.96. The summed E-state index contributed by atoms with van der Waals surface area (Å²) in [7, 11) is 0. The van der Waals surface area contributed by atoms with E-state index in [-0.39, 0.29) is 11.7 Å². The molecule has 0 bridgehead atoms. The van der Waals surface area contributed by atoms with Gasteiger partial charge in [0.05, 0.1) is 5.02 Å². The van der Waals surface area contributed by atoms with Gasteiger partial charge in [-0.2, -0.15) is 0 Å². The molecule has 0 unspecified atom stereocenters. The maximum Gasteiger partial charge on any atom is 0.268 e. The number of nitrogens with zero attached hydrogens (tertiary/aromatic N) is 2. The number of rotatable bonds is 3. The minimum absolute atomic E-state index is 0.275. The van der Waals surface area contributed by atoms with Gasteiger partial charge in [0.25, 0.3) is 5.91 Å². The van der Waals surface area contributed by atoms with Crippen LogP contribution in [0.2, 0.25) is 5.02 Å². The van der Waals surface area contributed by atoms with Crippen LogP contribution in [0.4, 0.5) is 5.82 Å². The third-order valence-electron chi connectivity index (χ3n) is 4.11. The molecule has 130 valence electrons. The maximum absolute atomic E-state index is 12.7. The van der Waals surface area contributed by atoms with Crippen molar-refractivity contribution >= 4 is 44.7 Å². The molecule has 0 spiro atoms. The van der Waals surface area contributed by atoms with E-state index in [4.69, 9.17) is 16.2 Å². The maximum atomic E-state index is 12.7. The van der Waals surface area contributed by atoms with Crippen molar-refractivity contribution in [2.24, 2.45) is 0 Å². The zero-order chi connectivity index (χ0) is 18.3. The number of halogens is 1. The van der Waals surface area contributed by atoms with Gasteiger partial charge >= 0.3 is 0 Å². The number of anilines is 1. The van der Waals surface area contributed by atoms with Crippen LogP contribution in [0.5, 0.6) is 0 Å². The predicted octanol–water partition coefficient (Wildman–Crippen LogP) is 5.47. The second kappa shape index (κ2) is 6.55. The number of amides is 1. The number of nitrogens with one attached hydrogen (secondary N) is 1. The number of carbonyl (C=O) groups is 1. The summed E-state index contributed by atoms with van der Waals surface area (Å²) in [6, 6.07) is 13.6. The van der Waals surface area contributed by atoms with E-state index in [1.54, 1.807) is 0 Å². The Hall–Kier alpha value is -2.70. The van der Waals surface area contributed by atoms with Gasteiger partial charge in [-0.25, -0.2) is 4.63 Å². The molecule has 0 fully saturated rings. The fraction of sp³-hybridized carbons (Fsp3) is 0.105. The molecule has 5 nitrogen and oxygen atoms in total. The number of thiophene rings is 1. The number of hydrogen-bond donors (Lipinski definition) is 1. The highest BCUT2D eigenvalue weighted by Gasteiger charge is 2.21. The standard InChI is InChI=1S/C19H14ClN3O2S/c1-10-7-8-11(2)13(9-10)16-18(23-25-22-16)21-19(24)17-15(20)12-5-3-4-6-14(12)26-17/h3-9H,1-2H3,(H,21,23,24). The van der Waals surface area contributed by atoms with Gasteiger partial charge in [-0.3, -0.25) is 4.79 Å². The summed E-state index contributed by atoms with van der Waals surface area (Å²) in [5.74, 6) is -0.0596. The predicted molar refractivity (Wildman–Crippen MR) is 104 cm³/mol. The first kappa shape index (κ1) is 16.8. The molecular formula is C19H14ClN3O2S. The quantitative estimate of drug-likeness (QED) is 0.509. The Balaban J connectivity index is 1.70. The molecule has 0 atom stereocenters. The average Bonchev–Trinajstić information content (AvgIpc) is 3.22. The van der Waals surface area contributed by atoms with Crippen molar-refractivity contribution in [3.63, 3.8) is 0 Å². The first-order valence-corrected chi connectivity index (χ1v) is 9.12. The normalized spacial score (nSPS) is 11.0. The van der Waals surface area contributed by atoms with E-state index >= 15 is 0 Å². The monoisotopic (exact) mass is 383 g/mol. The van der Waals surface area contributed by atoms with Crippen LogP contribution in [0.1, 0.15) is 20.8 Å². The molecule has 0 saturated carbocycles. The van der Waals surface area contributed by atoms with Gasteiger partial charge in [0.1, 0.15) is 4.88 Å². The van der Waals surface area contributed by atoms with Crippen LogP contribution in [-0.2, 0) is 0 Å². The van der Waals surface area contributed by atoms with Crippen molar-refractivity contribution in [3.05, 3.63) is 63.5 Å². The second-order valence-corrected chi connectivity index (χ2v) is 7.41. The molecule has 1 amide bonds. The van der Waals surface area contributed by atoms with Crippen molar-refractivity contribution in [2.75, 3.05) is 5.32 Å².